The highest BCUT2D eigenvalue weighted by molar-refractivity contribution is 5.84. The zero-order valence-electron chi connectivity index (χ0n) is 12.8. The average Bonchev–Trinajstić information content (AvgIpc) is 2.61. The molecule has 0 bridgehead atoms. The molecule has 0 aliphatic carbocycles. The van der Waals surface area contributed by atoms with Crippen LogP contribution in [0.25, 0.3) is 0 Å². The largest absolute Gasteiger partial charge is 0.338 e. The molecule has 1 aliphatic heterocycles. The predicted molar refractivity (Wildman–Crippen MR) is 75.3 cm³/mol. The van der Waals surface area contributed by atoms with Crippen molar-refractivity contribution in [1.82, 2.24) is 9.80 Å². The van der Waals surface area contributed by atoms with Crippen LogP contribution in [0.2, 0.25) is 0 Å². The Hall–Kier alpha value is -0.610. The molecular weight excluding hydrogens is 226 g/mol. The summed E-state index contributed by atoms with van der Waals surface area (Å²) in [7, 11) is 4.11. The van der Waals surface area contributed by atoms with E-state index >= 15 is 0 Å². The number of nitrogens with two attached hydrogens (primary N) is 1. The highest BCUT2D eigenvalue weighted by Crippen LogP contribution is 2.33. The maximum Gasteiger partial charge on any atom is 0.230 e. The number of carbonyl (C=O) groups excluding carboxylic acids is 1. The summed E-state index contributed by atoms with van der Waals surface area (Å²) in [5.41, 5.74) is 5.14. The van der Waals surface area contributed by atoms with Crippen LogP contribution in [0.1, 0.15) is 40.5 Å². The van der Waals surface area contributed by atoms with Crippen molar-refractivity contribution in [3.8, 4) is 0 Å². The summed E-state index contributed by atoms with van der Waals surface area (Å²) in [5.74, 6) is 0.194. The highest BCUT2D eigenvalue weighted by Gasteiger charge is 2.45. The van der Waals surface area contributed by atoms with Gasteiger partial charge in [-0.3, -0.25) is 4.79 Å². The van der Waals surface area contributed by atoms with Crippen LogP contribution >= 0.6 is 0 Å². The fourth-order valence-electron chi connectivity index (χ4n) is 2.35. The molecule has 1 atom stereocenters. The minimum Gasteiger partial charge on any atom is -0.338 e. The summed E-state index contributed by atoms with van der Waals surface area (Å²) in [6.07, 6.45) is 2.20. The Balaban J connectivity index is 2.83. The third kappa shape index (κ3) is 3.04. The molecule has 2 N–H and O–H groups in total. The van der Waals surface area contributed by atoms with Gasteiger partial charge in [0.2, 0.25) is 5.91 Å². The van der Waals surface area contributed by atoms with Crippen LogP contribution in [-0.2, 0) is 4.79 Å². The number of likely N-dealkylation sites (N-methyl/N-ethyl adjacent to an activating group) is 1. The zero-order chi connectivity index (χ0) is 14.1. The molecule has 1 rings (SSSR count). The van der Waals surface area contributed by atoms with Crippen LogP contribution in [0.15, 0.2) is 0 Å². The van der Waals surface area contributed by atoms with Crippen LogP contribution < -0.4 is 5.73 Å². The van der Waals surface area contributed by atoms with E-state index in [9.17, 15) is 4.79 Å². The molecule has 1 amide bonds. The molecule has 0 radical (unpaired) electrons. The van der Waals surface area contributed by atoms with Gasteiger partial charge in [-0.05, 0) is 54.6 Å². The Morgan fingerprint density at radius 2 is 1.89 bits per heavy atom. The van der Waals surface area contributed by atoms with E-state index in [1.54, 1.807) is 0 Å². The molecular formula is C14H29N3O. The number of amides is 1. The number of carbonyl (C=O) groups is 1. The molecule has 106 valence electrons. The van der Waals surface area contributed by atoms with Gasteiger partial charge in [-0.15, -0.1) is 0 Å². The van der Waals surface area contributed by atoms with E-state index in [1.807, 2.05) is 32.6 Å². The molecule has 0 aromatic carbocycles. The van der Waals surface area contributed by atoms with Gasteiger partial charge in [-0.25, -0.2) is 0 Å². The van der Waals surface area contributed by atoms with E-state index in [1.165, 1.54) is 0 Å². The number of hydrogen-bond acceptors (Lipinski definition) is 3. The highest BCUT2D eigenvalue weighted by atomic mass is 16.2. The van der Waals surface area contributed by atoms with Crippen molar-refractivity contribution in [2.75, 3.05) is 27.2 Å². The molecule has 0 saturated carbocycles. The van der Waals surface area contributed by atoms with Gasteiger partial charge in [0.1, 0.15) is 0 Å². The van der Waals surface area contributed by atoms with Crippen molar-refractivity contribution < 1.29 is 4.79 Å². The second-order valence-corrected chi connectivity index (χ2v) is 6.90. The van der Waals surface area contributed by atoms with Crippen LogP contribution in [0, 0.1) is 5.41 Å². The first-order valence-electron chi connectivity index (χ1n) is 6.82. The van der Waals surface area contributed by atoms with Gasteiger partial charge in [-0.2, -0.15) is 0 Å². The molecule has 1 saturated heterocycles. The van der Waals surface area contributed by atoms with Gasteiger partial charge in [0.05, 0.1) is 5.41 Å². The zero-order valence-corrected chi connectivity index (χ0v) is 12.8. The number of rotatable bonds is 4. The Kier molecular flexibility index (Phi) is 4.44. The second-order valence-electron chi connectivity index (χ2n) is 6.90. The molecule has 0 aromatic heterocycles. The van der Waals surface area contributed by atoms with Crippen LogP contribution in [0.4, 0.5) is 0 Å². The van der Waals surface area contributed by atoms with Crippen LogP contribution in [0.3, 0.4) is 0 Å². The lowest BCUT2D eigenvalue weighted by atomic mass is 9.74. The van der Waals surface area contributed by atoms with Gasteiger partial charge in [-0.1, -0.05) is 0 Å². The lowest BCUT2D eigenvalue weighted by Gasteiger charge is -2.41. The first-order chi connectivity index (χ1) is 8.07. The standard InChI is InChI=1S/C14H29N3O/c1-13(2,14(3,4)15)12(18)17-9-7-8-11(17)10-16(5)6/h11H,7-10,15H2,1-6H3. The van der Waals surface area contributed by atoms with Crippen molar-refractivity contribution in [2.24, 2.45) is 11.1 Å². The summed E-state index contributed by atoms with van der Waals surface area (Å²) >= 11 is 0. The first-order valence-corrected chi connectivity index (χ1v) is 6.82. The molecule has 1 fully saturated rings. The van der Waals surface area contributed by atoms with Crippen molar-refractivity contribution in [2.45, 2.75) is 52.1 Å². The van der Waals surface area contributed by atoms with E-state index in [0.29, 0.717) is 6.04 Å². The molecule has 0 spiro atoms. The molecule has 18 heavy (non-hydrogen) atoms. The van der Waals surface area contributed by atoms with E-state index in [-0.39, 0.29) is 5.91 Å². The minimum absolute atomic E-state index is 0.194. The van der Waals surface area contributed by atoms with Crippen molar-refractivity contribution in [3.05, 3.63) is 0 Å². The predicted octanol–water partition coefficient (Wildman–Crippen LogP) is 1.30. The van der Waals surface area contributed by atoms with Crippen molar-refractivity contribution >= 4 is 5.91 Å². The molecule has 1 heterocycles. The van der Waals surface area contributed by atoms with Crippen molar-refractivity contribution in [3.63, 3.8) is 0 Å². The third-order valence-electron chi connectivity index (χ3n) is 4.36. The van der Waals surface area contributed by atoms with Crippen LogP contribution in [0.5, 0.6) is 0 Å². The normalized spacial score (nSPS) is 21.8. The Labute approximate surface area is 111 Å². The summed E-state index contributed by atoms with van der Waals surface area (Å²) in [4.78, 5) is 16.9. The van der Waals surface area contributed by atoms with E-state index in [0.717, 1.165) is 25.9 Å². The van der Waals surface area contributed by atoms with E-state index in [2.05, 4.69) is 19.0 Å². The maximum atomic E-state index is 12.7. The summed E-state index contributed by atoms with van der Waals surface area (Å²) in [5, 5.41) is 0. The lowest BCUT2D eigenvalue weighted by Crippen LogP contribution is -2.58. The van der Waals surface area contributed by atoms with E-state index < -0.39 is 11.0 Å². The SMILES string of the molecule is CN(C)CC1CCCN1C(=O)C(C)(C)C(C)(C)N. The molecule has 0 aromatic rings. The molecule has 4 nitrogen and oxygen atoms in total. The molecule has 1 unspecified atom stereocenters. The monoisotopic (exact) mass is 255 g/mol. The minimum atomic E-state index is -0.526. The fourth-order valence-corrected chi connectivity index (χ4v) is 2.35. The molecule has 1 aliphatic rings. The maximum absolute atomic E-state index is 12.7. The first kappa shape index (κ1) is 15.4. The Morgan fingerprint density at radius 3 is 2.33 bits per heavy atom. The number of nitrogens with zero attached hydrogens (tertiary/aromatic N) is 2. The van der Waals surface area contributed by atoms with Gasteiger partial charge < -0.3 is 15.5 Å². The van der Waals surface area contributed by atoms with Gasteiger partial charge in [0, 0.05) is 24.7 Å². The Morgan fingerprint density at radius 1 is 1.33 bits per heavy atom. The number of likely N-dealkylation sites (tertiary alicyclic amines) is 1. The van der Waals surface area contributed by atoms with Crippen LogP contribution in [-0.4, -0.2) is 54.5 Å². The topological polar surface area (TPSA) is 49.6 Å². The fraction of sp³-hybridized carbons (Fsp3) is 0.929. The summed E-state index contributed by atoms with van der Waals surface area (Å²) in [6, 6.07) is 0.342. The second kappa shape index (κ2) is 5.17. The van der Waals surface area contributed by atoms with Crippen molar-refractivity contribution in [1.29, 1.82) is 0 Å². The quantitative estimate of drug-likeness (QED) is 0.824. The smallest absolute Gasteiger partial charge is 0.230 e. The van der Waals surface area contributed by atoms with Gasteiger partial charge in [0.25, 0.3) is 0 Å². The number of hydrogen-bond donors (Lipinski definition) is 1. The lowest BCUT2D eigenvalue weighted by molar-refractivity contribution is -0.144. The van der Waals surface area contributed by atoms with Gasteiger partial charge in [0.15, 0.2) is 0 Å². The Bertz CT molecular complexity index is 305. The summed E-state index contributed by atoms with van der Waals surface area (Å²) < 4.78 is 0. The molecule has 4 heteroatoms. The average molecular weight is 255 g/mol. The summed E-state index contributed by atoms with van der Waals surface area (Å²) in [6.45, 7) is 9.59. The van der Waals surface area contributed by atoms with Gasteiger partial charge >= 0.3 is 0 Å². The third-order valence-corrected chi connectivity index (χ3v) is 4.36. The van der Waals surface area contributed by atoms with E-state index in [4.69, 9.17) is 5.73 Å².